The number of carbonyl (C=O) groups excluding carboxylic acids is 1. The molecule has 0 saturated carbocycles. The number of rotatable bonds is 4. The fraction of sp³-hybridized carbons (Fsp3) is 0.118. The van der Waals surface area contributed by atoms with E-state index in [1.165, 1.54) is 17.7 Å². The van der Waals surface area contributed by atoms with Crippen LogP contribution in [0.1, 0.15) is 9.67 Å². The Morgan fingerprint density at radius 2 is 1.87 bits per heavy atom. The summed E-state index contributed by atoms with van der Waals surface area (Å²) in [5, 5.41) is 4.84. The second-order valence-electron chi connectivity index (χ2n) is 5.11. The molecule has 3 aromatic rings. The monoisotopic (exact) mass is 324 g/mol. The van der Waals surface area contributed by atoms with E-state index in [2.05, 4.69) is 15.3 Å². The standard InChI is InChI=1S/C17H16N4OS/c1-21(2)16-15(20-17(22)13-9-6-10-23-13)14(18-11-19-16)12-7-4-3-5-8-12/h3-11H,1-2H3,(H,20,22). The van der Waals surface area contributed by atoms with Crippen molar-refractivity contribution in [1.82, 2.24) is 9.97 Å². The number of carbonyl (C=O) groups is 1. The van der Waals surface area contributed by atoms with Crippen molar-refractivity contribution in [1.29, 1.82) is 0 Å². The van der Waals surface area contributed by atoms with Crippen molar-refractivity contribution in [3.05, 3.63) is 59.0 Å². The van der Waals surface area contributed by atoms with Gasteiger partial charge in [-0.15, -0.1) is 11.3 Å². The first-order valence-electron chi connectivity index (χ1n) is 7.09. The molecule has 5 nitrogen and oxygen atoms in total. The number of aromatic nitrogens is 2. The van der Waals surface area contributed by atoms with Crippen LogP contribution in [0.25, 0.3) is 11.3 Å². The molecule has 0 unspecified atom stereocenters. The summed E-state index contributed by atoms with van der Waals surface area (Å²) in [5.74, 6) is 0.513. The minimum Gasteiger partial charge on any atom is -0.361 e. The normalized spacial score (nSPS) is 10.3. The Morgan fingerprint density at radius 3 is 2.52 bits per heavy atom. The van der Waals surface area contributed by atoms with Crippen LogP contribution in [0.4, 0.5) is 11.5 Å². The molecule has 0 aliphatic carbocycles. The number of thiophene rings is 1. The van der Waals surface area contributed by atoms with Crippen molar-refractivity contribution in [3.63, 3.8) is 0 Å². The van der Waals surface area contributed by atoms with Crippen LogP contribution < -0.4 is 10.2 Å². The summed E-state index contributed by atoms with van der Waals surface area (Å²) >= 11 is 1.40. The van der Waals surface area contributed by atoms with Gasteiger partial charge in [0.1, 0.15) is 12.0 Å². The smallest absolute Gasteiger partial charge is 0.265 e. The van der Waals surface area contributed by atoms with E-state index >= 15 is 0 Å². The molecule has 0 bridgehead atoms. The van der Waals surface area contributed by atoms with Gasteiger partial charge >= 0.3 is 0 Å². The van der Waals surface area contributed by atoms with Crippen molar-refractivity contribution >= 4 is 28.7 Å². The maximum atomic E-state index is 12.5. The summed E-state index contributed by atoms with van der Waals surface area (Å²) in [4.78, 5) is 23.6. The second kappa shape index (κ2) is 6.58. The number of hydrogen-bond donors (Lipinski definition) is 1. The molecular weight excluding hydrogens is 308 g/mol. The quantitative estimate of drug-likeness (QED) is 0.798. The molecule has 1 N–H and O–H groups in total. The molecule has 6 heteroatoms. The fourth-order valence-electron chi connectivity index (χ4n) is 2.23. The number of amides is 1. The molecule has 0 spiro atoms. The maximum Gasteiger partial charge on any atom is 0.265 e. The molecule has 2 aromatic heterocycles. The zero-order chi connectivity index (χ0) is 16.2. The second-order valence-corrected chi connectivity index (χ2v) is 6.06. The van der Waals surface area contributed by atoms with Gasteiger partial charge in [0.2, 0.25) is 0 Å². The lowest BCUT2D eigenvalue weighted by atomic mass is 10.1. The van der Waals surface area contributed by atoms with E-state index in [1.54, 1.807) is 6.07 Å². The largest absolute Gasteiger partial charge is 0.361 e. The Bertz CT molecular complexity index is 801. The van der Waals surface area contributed by atoms with E-state index in [-0.39, 0.29) is 5.91 Å². The van der Waals surface area contributed by atoms with Gasteiger partial charge in [0.25, 0.3) is 5.91 Å². The van der Waals surface area contributed by atoms with Gasteiger partial charge in [-0.1, -0.05) is 36.4 Å². The Kier molecular flexibility index (Phi) is 4.34. The Morgan fingerprint density at radius 1 is 1.09 bits per heavy atom. The van der Waals surface area contributed by atoms with Crippen LogP contribution in [0.15, 0.2) is 54.2 Å². The van der Waals surface area contributed by atoms with Crippen molar-refractivity contribution in [3.8, 4) is 11.3 Å². The summed E-state index contributed by atoms with van der Waals surface area (Å²) in [6, 6.07) is 13.4. The van der Waals surface area contributed by atoms with Gasteiger partial charge in [0.15, 0.2) is 5.82 Å². The number of benzene rings is 1. The average Bonchev–Trinajstić information content (AvgIpc) is 3.10. The molecule has 0 aliphatic heterocycles. The van der Waals surface area contributed by atoms with Crippen molar-refractivity contribution in [2.45, 2.75) is 0 Å². The van der Waals surface area contributed by atoms with Crippen LogP contribution in [0.3, 0.4) is 0 Å². The third kappa shape index (κ3) is 3.22. The lowest BCUT2D eigenvalue weighted by molar-refractivity contribution is 0.103. The van der Waals surface area contributed by atoms with Crippen molar-refractivity contribution in [2.24, 2.45) is 0 Å². The molecule has 1 amide bonds. The van der Waals surface area contributed by atoms with Crippen LogP contribution in [-0.2, 0) is 0 Å². The van der Waals surface area contributed by atoms with Crippen LogP contribution in [0.2, 0.25) is 0 Å². The summed E-state index contributed by atoms with van der Waals surface area (Å²) in [6.07, 6.45) is 1.51. The van der Waals surface area contributed by atoms with Crippen LogP contribution in [0.5, 0.6) is 0 Å². The molecule has 0 atom stereocenters. The van der Waals surface area contributed by atoms with Crippen LogP contribution >= 0.6 is 11.3 Å². The first-order valence-corrected chi connectivity index (χ1v) is 7.97. The van der Waals surface area contributed by atoms with Crippen molar-refractivity contribution in [2.75, 3.05) is 24.3 Å². The molecule has 0 saturated heterocycles. The van der Waals surface area contributed by atoms with E-state index in [4.69, 9.17) is 0 Å². The molecule has 2 heterocycles. The summed E-state index contributed by atoms with van der Waals surface area (Å²) in [5.41, 5.74) is 2.25. The molecule has 3 rings (SSSR count). The van der Waals surface area contributed by atoms with Gasteiger partial charge in [-0.25, -0.2) is 9.97 Å². The first-order chi connectivity index (χ1) is 11.2. The number of hydrogen-bond acceptors (Lipinski definition) is 5. The number of nitrogens with one attached hydrogen (secondary N) is 1. The third-order valence-corrected chi connectivity index (χ3v) is 4.15. The van der Waals surface area contributed by atoms with Crippen molar-refractivity contribution < 1.29 is 4.79 Å². The molecule has 1 aromatic carbocycles. The molecule has 23 heavy (non-hydrogen) atoms. The SMILES string of the molecule is CN(C)c1ncnc(-c2ccccc2)c1NC(=O)c1cccs1. The van der Waals surface area contributed by atoms with Crippen LogP contribution in [-0.4, -0.2) is 30.0 Å². The fourth-order valence-corrected chi connectivity index (χ4v) is 2.85. The minimum atomic E-state index is -0.157. The summed E-state index contributed by atoms with van der Waals surface area (Å²) < 4.78 is 0. The Labute approximate surface area is 138 Å². The van der Waals surface area contributed by atoms with Crippen LogP contribution in [0, 0.1) is 0 Å². The number of anilines is 2. The summed E-state index contributed by atoms with van der Waals surface area (Å²) in [6.45, 7) is 0. The van der Waals surface area contributed by atoms with E-state index in [1.807, 2.05) is 60.8 Å². The van der Waals surface area contributed by atoms with Gasteiger partial charge in [0, 0.05) is 19.7 Å². The van der Waals surface area contributed by atoms with Gasteiger partial charge in [-0.05, 0) is 11.4 Å². The molecule has 116 valence electrons. The third-order valence-electron chi connectivity index (χ3n) is 3.28. The highest BCUT2D eigenvalue weighted by atomic mass is 32.1. The molecule has 0 fully saturated rings. The molecular formula is C17H16N4OS. The molecule has 0 aliphatic rings. The lowest BCUT2D eigenvalue weighted by Gasteiger charge is -2.18. The molecule has 0 radical (unpaired) electrons. The van der Waals surface area contributed by atoms with E-state index in [9.17, 15) is 4.79 Å². The van der Waals surface area contributed by atoms with Gasteiger partial charge in [-0.3, -0.25) is 4.79 Å². The van der Waals surface area contributed by atoms with Gasteiger partial charge in [-0.2, -0.15) is 0 Å². The number of nitrogens with zero attached hydrogens (tertiary/aromatic N) is 3. The van der Waals surface area contributed by atoms with E-state index < -0.39 is 0 Å². The zero-order valence-electron chi connectivity index (χ0n) is 12.9. The van der Waals surface area contributed by atoms with E-state index in [0.29, 0.717) is 22.1 Å². The predicted octanol–water partition coefficient (Wildman–Crippen LogP) is 3.52. The zero-order valence-corrected chi connectivity index (χ0v) is 13.7. The Hall–Kier alpha value is -2.73. The predicted molar refractivity (Wildman–Crippen MR) is 94.1 cm³/mol. The first kappa shape index (κ1) is 15.2. The Balaban J connectivity index is 2.07. The minimum absolute atomic E-state index is 0.157. The highest BCUT2D eigenvalue weighted by Gasteiger charge is 2.18. The maximum absolute atomic E-state index is 12.5. The highest BCUT2D eigenvalue weighted by molar-refractivity contribution is 7.12. The topological polar surface area (TPSA) is 58.1 Å². The van der Waals surface area contributed by atoms with Gasteiger partial charge in [0.05, 0.1) is 10.6 Å². The lowest BCUT2D eigenvalue weighted by Crippen LogP contribution is -2.18. The summed E-state index contributed by atoms with van der Waals surface area (Å²) in [7, 11) is 3.77. The van der Waals surface area contributed by atoms with E-state index in [0.717, 1.165) is 5.56 Å². The highest BCUT2D eigenvalue weighted by Crippen LogP contribution is 2.32. The average molecular weight is 324 g/mol. The van der Waals surface area contributed by atoms with Gasteiger partial charge < -0.3 is 10.2 Å².